The van der Waals surface area contributed by atoms with E-state index in [9.17, 15) is 14.7 Å². The second-order valence-corrected chi connectivity index (χ2v) is 6.85. The van der Waals surface area contributed by atoms with E-state index in [-0.39, 0.29) is 11.3 Å². The van der Waals surface area contributed by atoms with Crippen LogP contribution in [0.15, 0.2) is 54.4 Å². The number of aliphatic hydroxyl groups is 1. The predicted octanol–water partition coefficient (Wildman–Crippen LogP) is 4.00. The number of Topliss-reactive ketones (excluding diaryl/α,β-unsaturated/α-hetero) is 1. The van der Waals surface area contributed by atoms with Crippen molar-refractivity contribution in [3.8, 4) is 0 Å². The number of aryl methyl sites for hydroxylation is 1. The van der Waals surface area contributed by atoms with Crippen LogP contribution >= 0.6 is 0 Å². The van der Waals surface area contributed by atoms with Gasteiger partial charge in [-0.25, -0.2) is 0 Å². The minimum Gasteiger partial charge on any atom is -0.507 e. The topological polar surface area (TPSA) is 70.5 Å². The second-order valence-electron chi connectivity index (χ2n) is 6.85. The molecule has 1 aromatic heterocycles. The number of hydrogen-bond donors (Lipinski definition) is 1. The fourth-order valence-corrected chi connectivity index (χ4v) is 3.49. The number of carbonyl (C=O) groups excluding carboxylic acids is 2. The first-order chi connectivity index (χ1) is 13.0. The molecule has 0 saturated carbocycles. The first kappa shape index (κ1) is 18.8. The van der Waals surface area contributed by atoms with Crippen LogP contribution in [0.1, 0.15) is 48.9 Å². The summed E-state index contributed by atoms with van der Waals surface area (Å²) in [6, 6.07) is 10.4. The highest BCUT2D eigenvalue weighted by Crippen LogP contribution is 2.39. The third-order valence-electron chi connectivity index (χ3n) is 4.85. The van der Waals surface area contributed by atoms with Crippen molar-refractivity contribution in [3.63, 3.8) is 0 Å². The summed E-state index contributed by atoms with van der Waals surface area (Å²) in [5, 5.41) is 10.9. The Bertz CT molecular complexity index is 874. The molecule has 1 aliphatic rings. The highest BCUT2D eigenvalue weighted by Gasteiger charge is 2.45. The number of amides is 1. The van der Waals surface area contributed by atoms with Crippen molar-refractivity contribution < 1.29 is 14.7 Å². The molecule has 140 valence electrons. The molecular weight excluding hydrogens is 340 g/mol. The van der Waals surface area contributed by atoms with Crippen molar-refractivity contribution in [1.82, 2.24) is 9.88 Å². The highest BCUT2D eigenvalue weighted by atomic mass is 16.3. The monoisotopic (exact) mass is 364 g/mol. The van der Waals surface area contributed by atoms with Crippen LogP contribution in [-0.4, -0.2) is 33.2 Å². The number of carbonyl (C=O) groups is 2. The molecule has 1 aromatic carbocycles. The summed E-state index contributed by atoms with van der Waals surface area (Å²) in [4.78, 5) is 31.1. The lowest BCUT2D eigenvalue weighted by molar-refractivity contribution is -0.139. The lowest BCUT2D eigenvalue weighted by atomic mass is 9.94. The summed E-state index contributed by atoms with van der Waals surface area (Å²) in [5.41, 5.74) is 2.50. The first-order valence-electron chi connectivity index (χ1n) is 9.30. The zero-order valence-corrected chi connectivity index (χ0v) is 15.7. The molecule has 3 rings (SSSR count). The van der Waals surface area contributed by atoms with Crippen LogP contribution < -0.4 is 0 Å². The van der Waals surface area contributed by atoms with Gasteiger partial charge in [0.2, 0.25) is 0 Å². The summed E-state index contributed by atoms with van der Waals surface area (Å²) in [5.74, 6) is -1.33. The maximum atomic E-state index is 12.8. The number of ketones is 1. The second kappa shape index (κ2) is 8.16. The average Bonchev–Trinajstić information content (AvgIpc) is 2.93. The molecule has 2 aromatic rings. The van der Waals surface area contributed by atoms with Gasteiger partial charge in [-0.3, -0.25) is 14.6 Å². The molecule has 5 heteroatoms. The van der Waals surface area contributed by atoms with Gasteiger partial charge in [-0.2, -0.15) is 0 Å². The fourth-order valence-electron chi connectivity index (χ4n) is 3.49. The lowest BCUT2D eigenvalue weighted by Crippen LogP contribution is -2.30. The Morgan fingerprint density at radius 1 is 1.15 bits per heavy atom. The van der Waals surface area contributed by atoms with Crippen LogP contribution in [-0.2, 0) is 9.59 Å². The smallest absolute Gasteiger partial charge is 0.295 e. The van der Waals surface area contributed by atoms with E-state index in [2.05, 4.69) is 11.9 Å². The maximum Gasteiger partial charge on any atom is 0.295 e. The van der Waals surface area contributed by atoms with E-state index in [1.807, 2.05) is 31.2 Å². The van der Waals surface area contributed by atoms with Crippen LogP contribution in [0.2, 0.25) is 0 Å². The van der Waals surface area contributed by atoms with E-state index < -0.39 is 17.7 Å². The summed E-state index contributed by atoms with van der Waals surface area (Å²) in [6.45, 7) is 4.55. The van der Waals surface area contributed by atoms with Crippen LogP contribution in [0.5, 0.6) is 0 Å². The van der Waals surface area contributed by atoms with Gasteiger partial charge in [0, 0.05) is 24.5 Å². The number of aliphatic hydroxyl groups excluding tert-OH is 1. The summed E-state index contributed by atoms with van der Waals surface area (Å²) >= 11 is 0. The fraction of sp³-hybridized carbons (Fsp3) is 0.318. The minimum atomic E-state index is -0.632. The highest BCUT2D eigenvalue weighted by molar-refractivity contribution is 6.46. The quantitative estimate of drug-likeness (QED) is 0.364. The van der Waals surface area contributed by atoms with E-state index in [0.29, 0.717) is 12.1 Å². The van der Waals surface area contributed by atoms with Crippen molar-refractivity contribution >= 4 is 17.4 Å². The van der Waals surface area contributed by atoms with Crippen molar-refractivity contribution in [1.29, 1.82) is 0 Å². The number of rotatable bonds is 6. The molecule has 27 heavy (non-hydrogen) atoms. The molecule has 5 nitrogen and oxygen atoms in total. The molecule has 1 unspecified atom stereocenters. The van der Waals surface area contributed by atoms with E-state index in [1.54, 1.807) is 29.4 Å². The Morgan fingerprint density at radius 3 is 2.56 bits per heavy atom. The molecule has 0 radical (unpaired) electrons. The molecule has 2 heterocycles. The molecule has 1 saturated heterocycles. The van der Waals surface area contributed by atoms with Crippen molar-refractivity contribution in [2.75, 3.05) is 6.54 Å². The number of likely N-dealkylation sites (tertiary alicyclic amines) is 1. The molecule has 0 spiro atoms. The van der Waals surface area contributed by atoms with Gasteiger partial charge in [-0.1, -0.05) is 49.6 Å². The number of aromatic nitrogens is 1. The first-order valence-corrected chi connectivity index (χ1v) is 9.30. The van der Waals surface area contributed by atoms with Gasteiger partial charge < -0.3 is 10.0 Å². The van der Waals surface area contributed by atoms with Gasteiger partial charge in [0.15, 0.2) is 0 Å². The van der Waals surface area contributed by atoms with Crippen molar-refractivity contribution in [2.45, 2.75) is 39.2 Å². The number of nitrogens with zero attached hydrogens (tertiary/aromatic N) is 2. The Labute approximate surface area is 159 Å². The SMILES string of the molecule is CCCCCN1C(=O)C(=O)/C(=C(\O)c2ccncc2)C1c1cccc(C)c1. The normalized spacial score (nSPS) is 18.9. The number of unbranched alkanes of at least 4 members (excludes halogenated alkanes) is 2. The van der Waals surface area contributed by atoms with Gasteiger partial charge in [-0.05, 0) is 31.0 Å². The molecular formula is C22H24N2O3. The van der Waals surface area contributed by atoms with Gasteiger partial charge in [0.05, 0.1) is 11.6 Å². The molecule has 1 atom stereocenters. The van der Waals surface area contributed by atoms with Gasteiger partial charge in [0.1, 0.15) is 5.76 Å². The van der Waals surface area contributed by atoms with Crippen LogP contribution in [0.4, 0.5) is 0 Å². The molecule has 1 fully saturated rings. The molecule has 1 aliphatic heterocycles. The number of benzene rings is 1. The summed E-state index contributed by atoms with van der Waals surface area (Å²) < 4.78 is 0. The summed E-state index contributed by atoms with van der Waals surface area (Å²) in [6.07, 6.45) is 5.92. The molecule has 0 bridgehead atoms. The van der Waals surface area contributed by atoms with Crippen molar-refractivity contribution in [3.05, 3.63) is 71.1 Å². The molecule has 0 aliphatic carbocycles. The summed E-state index contributed by atoms with van der Waals surface area (Å²) in [7, 11) is 0. The van der Waals surface area contributed by atoms with Crippen molar-refractivity contribution in [2.24, 2.45) is 0 Å². The van der Waals surface area contributed by atoms with Gasteiger partial charge in [-0.15, -0.1) is 0 Å². The zero-order valence-electron chi connectivity index (χ0n) is 15.7. The average molecular weight is 364 g/mol. The zero-order chi connectivity index (χ0) is 19.4. The van der Waals surface area contributed by atoms with Crippen LogP contribution in [0, 0.1) is 6.92 Å². The van der Waals surface area contributed by atoms with Crippen LogP contribution in [0.25, 0.3) is 5.76 Å². The largest absolute Gasteiger partial charge is 0.507 e. The Hall–Kier alpha value is -2.95. The third-order valence-corrected chi connectivity index (χ3v) is 4.85. The molecule has 1 N–H and O–H groups in total. The number of hydrogen-bond acceptors (Lipinski definition) is 4. The van der Waals surface area contributed by atoms with Gasteiger partial charge in [0.25, 0.3) is 11.7 Å². The van der Waals surface area contributed by atoms with E-state index in [4.69, 9.17) is 0 Å². The molecule has 1 amide bonds. The predicted molar refractivity (Wildman–Crippen MR) is 104 cm³/mol. The Kier molecular flexibility index (Phi) is 5.69. The van der Waals surface area contributed by atoms with Crippen LogP contribution in [0.3, 0.4) is 0 Å². The Morgan fingerprint density at radius 2 is 1.89 bits per heavy atom. The lowest BCUT2D eigenvalue weighted by Gasteiger charge is -2.25. The van der Waals surface area contributed by atoms with E-state index in [1.165, 1.54) is 0 Å². The minimum absolute atomic E-state index is 0.147. The maximum absolute atomic E-state index is 12.8. The Balaban J connectivity index is 2.12. The van der Waals surface area contributed by atoms with E-state index >= 15 is 0 Å². The number of pyridine rings is 1. The third kappa shape index (κ3) is 3.77. The van der Waals surface area contributed by atoms with Gasteiger partial charge >= 0.3 is 0 Å². The van der Waals surface area contributed by atoms with E-state index in [0.717, 1.165) is 30.4 Å². The standard InChI is InChI=1S/C22H24N2O3/c1-3-4-5-13-24-19(17-8-6-7-15(2)14-17)18(21(26)22(24)27)20(25)16-9-11-23-12-10-16/h6-12,14,19,25H,3-5,13H2,1-2H3/b20-18-.